The van der Waals surface area contributed by atoms with E-state index in [1.807, 2.05) is 27.3 Å². The van der Waals surface area contributed by atoms with Gasteiger partial charge in [0.05, 0.1) is 11.4 Å². The fourth-order valence-corrected chi connectivity index (χ4v) is 5.03. The Morgan fingerprint density at radius 1 is 1.06 bits per heavy atom. The number of anilines is 3. The van der Waals surface area contributed by atoms with Gasteiger partial charge in [-0.25, -0.2) is 9.97 Å². The summed E-state index contributed by atoms with van der Waals surface area (Å²) >= 11 is 1.47. The van der Waals surface area contributed by atoms with Gasteiger partial charge < -0.3 is 20.2 Å². The highest BCUT2D eigenvalue weighted by atomic mass is 32.1. The van der Waals surface area contributed by atoms with E-state index in [-0.39, 0.29) is 5.91 Å². The lowest BCUT2D eigenvalue weighted by Crippen LogP contribution is -2.41. The van der Waals surface area contributed by atoms with Crippen LogP contribution >= 0.6 is 11.3 Å². The molecule has 1 aromatic carbocycles. The van der Waals surface area contributed by atoms with E-state index in [2.05, 4.69) is 15.3 Å². The number of carboxylic acid groups (broad SMARTS) is 1. The smallest absolute Gasteiger partial charge is 0.308 e. The molecule has 11 nitrogen and oxygen atoms in total. The average Bonchev–Trinajstić information content (AvgIpc) is 3.53. The van der Waals surface area contributed by atoms with Gasteiger partial charge in [-0.15, -0.1) is 11.3 Å². The number of hydrogen-bond acceptors (Lipinski definition) is 9. The molecule has 0 radical (unpaired) electrons. The lowest BCUT2D eigenvalue weighted by Gasteiger charge is -2.31. The molecule has 12 heteroatoms. The van der Waals surface area contributed by atoms with Gasteiger partial charge in [0.25, 0.3) is 5.91 Å². The van der Waals surface area contributed by atoms with E-state index in [1.54, 1.807) is 28.5 Å². The summed E-state index contributed by atoms with van der Waals surface area (Å²) < 4.78 is 1.80. The predicted molar refractivity (Wildman–Crippen MR) is 135 cm³/mol. The zero-order valence-corrected chi connectivity index (χ0v) is 20.2. The number of hydrogen-bond donors (Lipinski definition) is 2. The van der Waals surface area contributed by atoms with Gasteiger partial charge >= 0.3 is 5.97 Å². The van der Waals surface area contributed by atoms with E-state index in [9.17, 15) is 14.7 Å². The second-order valence-electron chi connectivity index (χ2n) is 8.98. The van der Waals surface area contributed by atoms with Crippen molar-refractivity contribution in [3.63, 3.8) is 0 Å². The molecule has 0 aliphatic carbocycles. The van der Waals surface area contributed by atoms with Crippen LogP contribution in [0.4, 0.5) is 17.5 Å². The summed E-state index contributed by atoms with van der Waals surface area (Å²) in [5, 5.41) is 14.8. The Balaban J connectivity index is 1.36. The molecule has 6 rings (SSSR count). The van der Waals surface area contributed by atoms with E-state index < -0.39 is 11.9 Å². The molecule has 2 saturated heterocycles. The molecule has 5 heterocycles. The molecule has 2 aliphatic rings. The number of carboxylic acids is 1. The molecular weight excluding hydrogens is 480 g/mol. The van der Waals surface area contributed by atoms with Gasteiger partial charge in [0, 0.05) is 42.8 Å². The third kappa shape index (κ3) is 4.13. The maximum atomic E-state index is 12.5. The Kier molecular flexibility index (Phi) is 5.72. The number of thiazole rings is 1. The molecule has 1 atom stereocenters. The first-order valence-electron chi connectivity index (χ1n) is 11.8. The van der Waals surface area contributed by atoms with Gasteiger partial charge in [-0.2, -0.15) is 9.97 Å². The Morgan fingerprint density at radius 3 is 2.58 bits per heavy atom. The number of likely N-dealkylation sites (tertiary alicyclic amines) is 1. The Hall–Kier alpha value is -4.06. The standard InChI is InChI=1S/C24H24N8O3S/c33-22(30-9-2-10-30)15-4-6-17(7-5-15)27-20-19-21(32(13-25-19)18-12-36-14-26-18)29-24(28-20)31-8-1-3-16(11-31)23(34)35/h4-7,12-14,16H,1-3,8-11H2,(H,34,35)(H,27,28,29). The third-order valence-corrected chi connectivity index (χ3v) is 7.22. The molecule has 36 heavy (non-hydrogen) atoms. The van der Waals surface area contributed by atoms with Crippen molar-refractivity contribution < 1.29 is 14.7 Å². The van der Waals surface area contributed by atoms with E-state index >= 15 is 0 Å². The fraction of sp³-hybridized carbons (Fsp3) is 0.333. The van der Waals surface area contributed by atoms with E-state index in [0.29, 0.717) is 53.8 Å². The van der Waals surface area contributed by atoms with Crippen LogP contribution in [0.2, 0.25) is 0 Å². The summed E-state index contributed by atoms with van der Waals surface area (Å²) in [5.74, 6) is 0.420. The van der Waals surface area contributed by atoms with Crippen molar-refractivity contribution in [1.82, 2.24) is 29.4 Å². The van der Waals surface area contributed by atoms with Crippen molar-refractivity contribution >= 4 is 51.8 Å². The van der Waals surface area contributed by atoms with Crippen LogP contribution in [-0.2, 0) is 4.79 Å². The van der Waals surface area contributed by atoms with E-state index in [4.69, 9.17) is 9.97 Å². The monoisotopic (exact) mass is 504 g/mol. The molecule has 2 N–H and O–H groups in total. The van der Waals surface area contributed by atoms with Crippen molar-refractivity contribution in [2.45, 2.75) is 19.3 Å². The molecule has 4 aromatic rings. The fourth-order valence-electron chi connectivity index (χ4n) is 4.50. The third-order valence-electron chi connectivity index (χ3n) is 6.64. The van der Waals surface area contributed by atoms with Crippen LogP contribution in [0.15, 0.2) is 41.5 Å². The number of imidazole rings is 1. The Bertz CT molecular complexity index is 1420. The topological polar surface area (TPSA) is 129 Å². The number of benzene rings is 1. The second-order valence-corrected chi connectivity index (χ2v) is 9.70. The first kappa shape index (κ1) is 22.4. The maximum Gasteiger partial charge on any atom is 0.308 e. The maximum absolute atomic E-state index is 12.5. The predicted octanol–water partition coefficient (Wildman–Crippen LogP) is 3.16. The molecule has 184 valence electrons. The molecule has 1 amide bonds. The number of rotatable bonds is 6. The van der Waals surface area contributed by atoms with Crippen LogP contribution in [0.3, 0.4) is 0 Å². The number of fused-ring (bicyclic) bond motifs is 1. The van der Waals surface area contributed by atoms with Gasteiger partial charge in [0.1, 0.15) is 6.33 Å². The van der Waals surface area contributed by atoms with Crippen LogP contribution in [0.25, 0.3) is 17.0 Å². The number of carbonyl (C=O) groups excluding carboxylic acids is 1. The van der Waals surface area contributed by atoms with Crippen molar-refractivity contribution in [3.05, 3.63) is 47.0 Å². The highest BCUT2D eigenvalue weighted by Crippen LogP contribution is 2.29. The normalized spacial score (nSPS) is 17.7. The first-order chi connectivity index (χ1) is 17.6. The minimum Gasteiger partial charge on any atom is -0.481 e. The van der Waals surface area contributed by atoms with Crippen molar-refractivity contribution in [3.8, 4) is 5.82 Å². The zero-order chi connectivity index (χ0) is 24.6. The molecule has 2 fully saturated rings. The van der Waals surface area contributed by atoms with Gasteiger partial charge in [-0.3, -0.25) is 14.2 Å². The molecule has 2 aliphatic heterocycles. The summed E-state index contributed by atoms with van der Waals surface area (Å²) in [4.78, 5) is 46.4. The number of amides is 1. The van der Waals surface area contributed by atoms with Crippen molar-refractivity contribution in [2.24, 2.45) is 5.92 Å². The van der Waals surface area contributed by atoms with Crippen molar-refractivity contribution in [2.75, 3.05) is 36.4 Å². The van der Waals surface area contributed by atoms with Crippen LogP contribution < -0.4 is 10.2 Å². The van der Waals surface area contributed by atoms with Gasteiger partial charge in [0.15, 0.2) is 22.8 Å². The summed E-state index contributed by atoms with van der Waals surface area (Å²) in [5.41, 5.74) is 4.30. The summed E-state index contributed by atoms with van der Waals surface area (Å²) in [7, 11) is 0. The number of piperidine rings is 1. The molecule has 0 spiro atoms. The van der Waals surface area contributed by atoms with Crippen LogP contribution in [0.1, 0.15) is 29.6 Å². The molecule has 3 aromatic heterocycles. The van der Waals surface area contributed by atoms with E-state index in [0.717, 1.165) is 31.6 Å². The van der Waals surface area contributed by atoms with Crippen molar-refractivity contribution in [1.29, 1.82) is 0 Å². The number of carbonyl (C=O) groups is 2. The number of nitrogens with one attached hydrogen (secondary N) is 1. The largest absolute Gasteiger partial charge is 0.481 e. The number of aromatic nitrogens is 5. The van der Waals surface area contributed by atoms with E-state index in [1.165, 1.54) is 11.3 Å². The summed E-state index contributed by atoms with van der Waals surface area (Å²) in [6.07, 6.45) is 4.10. The summed E-state index contributed by atoms with van der Waals surface area (Å²) in [6.45, 7) is 2.63. The quantitative estimate of drug-likeness (QED) is 0.407. The van der Waals surface area contributed by atoms with Gasteiger partial charge in [-0.05, 0) is 43.5 Å². The average molecular weight is 505 g/mol. The number of nitrogens with zero attached hydrogens (tertiary/aromatic N) is 7. The lowest BCUT2D eigenvalue weighted by molar-refractivity contribution is -0.141. The van der Waals surface area contributed by atoms with Crippen LogP contribution in [-0.4, -0.2) is 72.6 Å². The molecule has 0 bridgehead atoms. The van der Waals surface area contributed by atoms with Crippen LogP contribution in [0.5, 0.6) is 0 Å². The minimum absolute atomic E-state index is 0.0413. The Labute approximate surface area is 210 Å². The number of aliphatic carboxylic acids is 1. The molecular formula is C24H24N8O3S. The molecule has 1 unspecified atom stereocenters. The second kappa shape index (κ2) is 9.19. The summed E-state index contributed by atoms with van der Waals surface area (Å²) in [6, 6.07) is 7.30. The van der Waals surface area contributed by atoms with Gasteiger partial charge in [0.2, 0.25) is 5.95 Å². The van der Waals surface area contributed by atoms with Crippen LogP contribution in [0, 0.1) is 5.92 Å². The minimum atomic E-state index is -0.806. The lowest BCUT2D eigenvalue weighted by atomic mass is 9.99. The Morgan fingerprint density at radius 2 is 1.89 bits per heavy atom. The molecule has 0 saturated carbocycles. The zero-order valence-electron chi connectivity index (χ0n) is 19.4. The highest BCUT2D eigenvalue weighted by Gasteiger charge is 2.28. The highest BCUT2D eigenvalue weighted by molar-refractivity contribution is 7.07. The first-order valence-corrected chi connectivity index (χ1v) is 12.8. The van der Waals surface area contributed by atoms with Gasteiger partial charge in [-0.1, -0.05) is 0 Å². The SMILES string of the molecule is O=C(O)C1CCCN(c2nc(Nc3ccc(C(=O)N4CCC4)cc3)c3ncn(-c4cscn4)c3n2)C1.